The molecule has 0 fully saturated rings. The first kappa shape index (κ1) is 14.1. The summed E-state index contributed by atoms with van der Waals surface area (Å²) in [5, 5.41) is 4.75. The van der Waals surface area contributed by atoms with Crippen LogP contribution in [0.15, 0.2) is 48.5 Å². The second-order valence-electron chi connectivity index (χ2n) is 5.13. The number of hydrogen-bond donors (Lipinski definition) is 1. The number of nitrogens with one attached hydrogen (secondary N) is 1. The molecular formula is C18H19NOS. The van der Waals surface area contributed by atoms with E-state index in [1.54, 1.807) is 7.11 Å². The van der Waals surface area contributed by atoms with Gasteiger partial charge in [-0.25, -0.2) is 0 Å². The molecule has 0 aliphatic heterocycles. The number of hydrogen-bond acceptors (Lipinski definition) is 3. The van der Waals surface area contributed by atoms with Crippen LogP contribution in [0.5, 0.6) is 5.75 Å². The predicted octanol–water partition coefficient (Wildman–Crippen LogP) is 4.53. The summed E-state index contributed by atoms with van der Waals surface area (Å²) in [6.07, 6.45) is 0. The fourth-order valence-electron chi connectivity index (χ4n) is 2.69. The molecule has 3 aromatic rings. The summed E-state index contributed by atoms with van der Waals surface area (Å²) >= 11 is 1.85. The summed E-state index contributed by atoms with van der Waals surface area (Å²) in [4.78, 5) is 1.34. The number of benzene rings is 2. The smallest absolute Gasteiger partial charge is 0.119 e. The Bertz CT molecular complexity index is 730. The van der Waals surface area contributed by atoms with E-state index in [-0.39, 0.29) is 6.04 Å². The molecular weight excluding hydrogens is 278 g/mol. The lowest BCUT2D eigenvalue weighted by Gasteiger charge is -2.18. The van der Waals surface area contributed by atoms with E-state index in [0.29, 0.717) is 0 Å². The lowest BCUT2D eigenvalue weighted by atomic mass is 9.99. The molecule has 0 saturated heterocycles. The van der Waals surface area contributed by atoms with E-state index < -0.39 is 0 Å². The van der Waals surface area contributed by atoms with Crippen LogP contribution in [0.4, 0.5) is 0 Å². The normalized spacial score (nSPS) is 12.5. The van der Waals surface area contributed by atoms with Crippen molar-refractivity contribution in [1.82, 2.24) is 5.32 Å². The molecule has 0 saturated carbocycles. The first-order valence-corrected chi connectivity index (χ1v) is 7.85. The molecule has 1 atom stereocenters. The SMILES string of the molecule is CNC(c1cc2ccccc2s1)c1ccc(OC)cc1C. The topological polar surface area (TPSA) is 21.3 Å². The second-order valence-corrected chi connectivity index (χ2v) is 6.25. The fraction of sp³-hybridized carbons (Fsp3) is 0.222. The van der Waals surface area contributed by atoms with Crippen LogP contribution in [0.2, 0.25) is 0 Å². The zero-order valence-corrected chi connectivity index (χ0v) is 13.3. The minimum Gasteiger partial charge on any atom is -0.497 e. The third-order valence-electron chi connectivity index (χ3n) is 3.81. The highest BCUT2D eigenvalue weighted by atomic mass is 32.1. The van der Waals surface area contributed by atoms with Gasteiger partial charge in [-0.1, -0.05) is 24.3 Å². The van der Waals surface area contributed by atoms with Crippen molar-refractivity contribution in [2.45, 2.75) is 13.0 Å². The summed E-state index contributed by atoms with van der Waals surface area (Å²) < 4.78 is 6.63. The summed E-state index contributed by atoms with van der Waals surface area (Å²) in [7, 11) is 3.72. The summed E-state index contributed by atoms with van der Waals surface area (Å²) in [6.45, 7) is 2.13. The molecule has 2 nitrogen and oxygen atoms in total. The van der Waals surface area contributed by atoms with E-state index in [2.05, 4.69) is 54.7 Å². The summed E-state index contributed by atoms with van der Waals surface area (Å²) in [5.74, 6) is 0.905. The number of rotatable bonds is 4. The second kappa shape index (κ2) is 5.88. The van der Waals surface area contributed by atoms with Crippen molar-refractivity contribution >= 4 is 21.4 Å². The molecule has 0 aliphatic carbocycles. The lowest BCUT2D eigenvalue weighted by Crippen LogP contribution is -2.17. The Balaban J connectivity index is 2.05. The van der Waals surface area contributed by atoms with Gasteiger partial charge >= 0.3 is 0 Å². The molecule has 0 bridgehead atoms. The van der Waals surface area contributed by atoms with Gasteiger partial charge in [0.05, 0.1) is 13.2 Å². The zero-order valence-electron chi connectivity index (χ0n) is 12.5. The van der Waals surface area contributed by atoms with E-state index in [1.165, 1.54) is 26.1 Å². The molecule has 0 amide bonds. The highest BCUT2D eigenvalue weighted by Crippen LogP contribution is 2.34. The van der Waals surface area contributed by atoms with Crippen LogP contribution in [0, 0.1) is 6.92 Å². The van der Waals surface area contributed by atoms with Crippen LogP contribution in [-0.4, -0.2) is 14.2 Å². The van der Waals surface area contributed by atoms with Crippen molar-refractivity contribution in [3.8, 4) is 5.75 Å². The Labute approximate surface area is 129 Å². The number of aryl methyl sites for hydroxylation is 1. The van der Waals surface area contributed by atoms with Crippen molar-refractivity contribution in [3.05, 3.63) is 64.5 Å². The molecule has 0 aliphatic rings. The predicted molar refractivity (Wildman–Crippen MR) is 90.5 cm³/mol. The van der Waals surface area contributed by atoms with Crippen molar-refractivity contribution in [2.75, 3.05) is 14.2 Å². The highest BCUT2D eigenvalue weighted by Gasteiger charge is 2.17. The van der Waals surface area contributed by atoms with Crippen LogP contribution in [0.1, 0.15) is 22.0 Å². The molecule has 1 heterocycles. The number of methoxy groups -OCH3 is 1. The van der Waals surface area contributed by atoms with Gasteiger partial charge in [0.1, 0.15) is 5.75 Å². The molecule has 0 spiro atoms. The van der Waals surface area contributed by atoms with Crippen LogP contribution < -0.4 is 10.1 Å². The first-order chi connectivity index (χ1) is 10.2. The van der Waals surface area contributed by atoms with Gasteiger partial charge in [0.2, 0.25) is 0 Å². The van der Waals surface area contributed by atoms with E-state index >= 15 is 0 Å². The zero-order chi connectivity index (χ0) is 14.8. The van der Waals surface area contributed by atoms with Gasteiger partial charge in [-0.05, 0) is 54.8 Å². The minimum atomic E-state index is 0.216. The molecule has 21 heavy (non-hydrogen) atoms. The maximum atomic E-state index is 5.30. The maximum absolute atomic E-state index is 5.30. The van der Waals surface area contributed by atoms with Crippen LogP contribution >= 0.6 is 11.3 Å². The molecule has 3 heteroatoms. The van der Waals surface area contributed by atoms with Gasteiger partial charge in [-0.2, -0.15) is 0 Å². The monoisotopic (exact) mass is 297 g/mol. The quantitative estimate of drug-likeness (QED) is 0.764. The maximum Gasteiger partial charge on any atom is 0.119 e. The van der Waals surface area contributed by atoms with Crippen LogP contribution in [0.25, 0.3) is 10.1 Å². The lowest BCUT2D eigenvalue weighted by molar-refractivity contribution is 0.414. The van der Waals surface area contributed by atoms with Crippen LogP contribution in [-0.2, 0) is 0 Å². The van der Waals surface area contributed by atoms with Crippen LogP contribution in [0.3, 0.4) is 0 Å². The van der Waals surface area contributed by atoms with Gasteiger partial charge in [0.25, 0.3) is 0 Å². The molecule has 108 valence electrons. The van der Waals surface area contributed by atoms with Crippen molar-refractivity contribution in [2.24, 2.45) is 0 Å². The Morgan fingerprint density at radius 2 is 1.90 bits per heavy atom. The van der Waals surface area contributed by atoms with Gasteiger partial charge < -0.3 is 10.1 Å². The number of thiophene rings is 1. The molecule has 2 aromatic carbocycles. The Kier molecular flexibility index (Phi) is 3.95. The van der Waals surface area contributed by atoms with Gasteiger partial charge in [0, 0.05) is 9.58 Å². The van der Waals surface area contributed by atoms with E-state index in [1.807, 2.05) is 24.5 Å². The summed E-state index contributed by atoms with van der Waals surface area (Å²) in [6, 6.07) is 17.3. The summed E-state index contributed by atoms with van der Waals surface area (Å²) in [5.41, 5.74) is 2.54. The average molecular weight is 297 g/mol. The van der Waals surface area contributed by atoms with Crippen molar-refractivity contribution in [1.29, 1.82) is 0 Å². The number of fused-ring (bicyclic) bond motifs is 1. The molecule has 1 aromatic heterocycles. The third kappa shape index (κ3) is 2.67. The van der Waals surface area contributed by atoms with Gasteiger partial charge in [0.15, 0.2) is 0 Å². The van der Waals surface area contributed by atoms with E-state index in [9.17, 15) is 0 Å². The van der Waals surface area contributed by atoms with Gasteiger partial charge in [-0.15, -0.1) is 11.3 Å². The molecule has 1 N–H and O–H groups in total. The van der Waals surface area contributed by atoms with Crippen molar-refractivity contribution < 1.29 is 4.74 Å². The van der Waals surface area contributed by atoms with E-state index in [0.717, 1.165) is 5.75 Å². The molecule has 1 unspecified atom stereocenters. The fourth-order valence-corrected chi connectivity index (χ4v) is 3.89. The molecule has 3 rings (SSSR count). The Hall–Kier alpha value is -1.84. The highest BCUT2D eigenvalue weighted by molar-refractivity contribution is 7.19. The Morgan fingerprint density at radius 1 is 1.10 bits per heavy atom. The van der Waals surface area contributed by atoms with Gasteiger partial charge in [-0.3, -0.25) is 0 Å². The molecule has 0 radical (unpaired) electrons. The number of ether oxygens (including phenoxy) is 1. The third-order valence-corrected chi connectivity index (χ3v) is 4.99. The minimum absolute atomic E-state index is 0.216. The average Bonchev–Trinajstić information content (AvgIpc) is 2.93. The van der Waals surface area contributed by atoms with E-state index in [4.69, 9.17) is 4.74 Å². The largest absolute Gasteiger partial charge is 0.497 e. The Morgan fingerprint density at radius 3 is 2.57 bits per heavy atom. The van der Waals surface area contributed by atoms with Crippen molar-refractivity contribution in [3.63, 3.8) is 0 Å². The standard InChI is InChI=1S/C18H19NOS/c1-12-10-14(20-3)8-9-15(12)18(19-2)17-11-13-6-4-5-7-16(13)21-17/h4-11,18-19H,1-3H3. The first-order valence-electron chi connectivity index (χ1n) is 7.03.